The second kappa shape index (κ2) is 7.32. The van der Waals surface area contributed by atoms with Crippen LogP contribution in [0, 0.1) is 10.1 Å². The number of nitro benzene ring substituents is 1. The van der Waals surface area contributed by atoms with Crippen LogP contribution in [0.3, 0.4) is 0 Å². The summed E-state index contributed by atoms with van der Waals surface area (Å²) >= 11 is 0. The quantitative estimate of drug-likeness (QED) is 0.617. The Hall–Kier alpha value is -2.29. The summed E-state index contributed by atoms with van der Waals surface area (Å²) in [7, 11) is -2.41. The molecule has 0 radical (unpaired) electrons. The van der Waals surface area contributed by atoms with Gasteiger partial charge in [-0.1, -0.05) is 36.4 Å². The highest BCUT2D eigenvalue weighted by molar-refractivity contribution is 7.89. The fraction of sp³-hybridized carbons (Fsp3) is 0.200. The molecule has 23 heavy (non-hydrogen) atoms. The molecule has 122 valence electrons. The Morgan fingerprint density at radius 2 is 1.83 bits per heavy atom. The van der Waals surface area contributed by atoms with Gasteiger partial charge in [0, 0.05) is 19.7 Å². The molecule has 0 unspecified atom stereocenters. The number of nitro groups is 1. The molecule has 0 atom stereocenters. The van der Waals surface area contributed by atoms with Crippen LogP contribution in [-0.2, 0) is 27.9 Å². The molecule has 0 heterocycles. The Morgan fingerprint density at radius 3 is 2.52 bits per heavy atom. The van der Waals surface area contributed by atoms with Gasteiger partial charge in [0.2, 0.25) is 10.0 Å². The lowest BCUT2D eigenvalue weighted by molar-refractivity contribution is -0.387. The Morgan fingerprint density at radius 1 is 1.13 bits per heavy atom. The molecule has 0 bridgehead atoms. The number of ether oxygens (including phenoxy) is 1. The summed E-state index contributed by atoms with van der Waals surface area (Å²) in [5.74, 6) is 0. The van der Waals surface area contributed by atoms with Crippen LogP contribution in [0.2, 0.25) is 0 Å². The van der Waals surface area contributed by atoms with Gasteiger partial charge < -0.3 is 4.74 Å². The van der Waals surface area contributed by atoms with Crippen LogP contribution >= 0.6 is 0 Å². The number of sulfonamides is 1. The number of benzene rings is 2. The normalized spacial score (nSPS) is 11.3. The van der Waals surface area contributed by atoms with Crippen LogP contribution in [0.25, 0.3) is 0 Å². The van der Waals surface area contributed by atoms with Crippen molar-refractivity contribution >= 4 is 15.7 Å². The Kier molecular flexibility index (Phi) is 5.43. The number of nitrogens with zero attached hydrogens (tertiary/aromatic N) is 1. The van der Waals surface area contributed by atoms with E-state index >= 15 is 0 Å². The average Bonchev–Trinajstić information content (AvgIpc) is 2.54. The van der Waals surface area contributed by atoms with Crippen molar-refractivity contribution in [1.82, 2.24) is 4.72 Å². The highest BCUT2D eigenvalue weighted by atomic mass is 32.2. The van der Waals surface area contributed by atoms with Gasteiger partial charge in [-0.3, -0.25) is 10.1 Å². The van der Waals surface area contributed by atoms with Gasteiger partial charge in [-0.15, -0.1) is 0 Å². The highest BCUT2D eigenvalue weighted by Crippen LogP contribution is 2.22. The van der Waals surface area contributed by atoms with E-state index in [1.807, 2.05) is 12.1 Å². The van der Waals surface area contributed by atoms with Crippen molar-refractivity contribution < 1.29 is 18.1 Å². The molecule has 0 amide bonds. The van der Waals surface area contributed by atoms with E-state index in [0.29, 0.717) is 6.61 Å². The second-order valence-electron chi connectivity index (χ2n) is 4.80. The van der Waals surface area contributed by atoms with Crippen molar-refractivity contribution in [3.05, 3.63) is 69.8 Å². The summed E-state index contributed by atoms with van der Waals surface area (Å²) in [6, 6.07) is 12.5. The predicted octanol–water partition coefficient (Wildman–Crippen LogP) is 2.22. The lowest BCUT2D eigenvalue weighted by Gasteiger charge is -2.08. The molecule has 2 rings (SSSR count). The first-order chi connectivity index (χ1) is 10.9. The monoisotopic (exact) mass is 336 g/mol. The minimum atomic E-state index is -3.98. The minimum absolute atomic E-state index is 0.0337. The van der Waals surface area contributed by atoms with Crippen LogP contribution in [0.4, 0.5) is 5.69 Å². The third-order valence-corrected chi connectivity index (χ3v) is 4.57. The molecular formula is C15H16N2O5S. The smallest absolute Gasteiger partial charge is 0.289 e. The fourth-order valence-electron chi connectivity index (χ4n) is 2.09. The summed E-state index contributed by atoms with van der Waals surface area (Å²) in [6.07, 6.45) is 0. The van der Waals surface area contributed by atoms with Crippen LogP contribution < -0.4 is 4.72 Å². The molecule has 0 aliphatic heterocycles. The first kappa shape index (κ1) is 17.1. The van der Waals surface area contributed by atoms with Crippen molar-refractivity contribution in [3.8, 4) is 0 Å². The summed E-state index contributed by atoms with van der Waals surface area (Å²) in [4.78, 5) is 9.90. The number of hydrogen-bond acceptors (Lipinski definition) is 5. The number of nitrogens with one attached hydrogen (secondary N) is 1. The van der Waals surface area contributed by atoms with Gasteiger partial charge in [0.05, 0.1) is 11.5 Å². The molecule has 0 fully saturated rings. The van der Waals surface area contributed by atoms with Crippen molar-refractivity contribution in [2.75, 3.05) is 7.11 Å². The minimum Gasteiger partial charge on any atom is -0.380 e. The number of rotatable bonds is 7. The lowest BCUT2D eigenvalue weighted by Crippen LogP contribution is -2.24. The molecule has 8 heteroatoms. The standard InChI is InChI=1S/C15H16N2O5S/c1-22-11-13-6-4-5-12(9-13)10-16-23(20,21)15-8-3-2-7-14(15)17(18)19/h2-9,16H,10-11H2,1H3. The molecule has 0 spiro atoms. The van der Waals surface area contributed by atoms with Gasteiger partial charge in [0.25, 0.3) is 5.69 Å². The van der Waals surface area contributed by atoms with Gasteiger partial charge >= 0.3 is 0 Å². The molecule has 0 aliphatic carbocycles. The van der Waals surface area contributed by atoms with E-state index in [1.54, 1.807) is 19.2 Å². The fourth-order valence-corrected chi connectivity index (χ4v) is 3.28. The van der Waals surface area contributed by atoms with E-state index in [2.05, 4.69) is 4.72 Å². The molecule has 2 aromatic carbocycles. The summed E-state index contributed by atoms with van der Waals surface area (Å²) in [5.41, 5.74) is 1.20. The zero-order chi connectivity index (χ0) is 16.9. The molecule has 1 N–H and O–H groups in total. The van der Waals surface area contributed by atoms with Crippen molar-refractivity contribution in [2.24, 2.45) is 0 Å². The van der Waals surface area contributed by atoms with Crippen molar-refractivity contribution in [1.29, 1.82) is 0 Å². The first-order valence-electron chi connectivity index (χ1n) is 6.74. The third kappa shape index (κ3) is 4.35. The first-order valence-corrected chi connectivity index (χ1v) is 8.22. The maximum Gasteiger partial charge on any atom is 0.289 e. The van der Waals surface area contributed by atoms with E-state index in [-0.39, 0.29) is 11.4 Å². The van der Waals surface area contributed by atoms with Gasteiger partial charge in [-0.05, 0) is 17.2 Å². The lowest BCUT2D eigenvalue weighted by atomic mass is 10.1. The molecule has 0 aliphatic rings. The van der Waals surface area contributed by atoms with Crippen molar-refractivity contribution in [3.63, 3.8) is 0 Å². The molecule has 0 saturated carbocycles. The molecular weight excluding hydrogens is 320 g/mol. The van der Waals surface area contributed by atoms with Crippen LogP contribution in [0.1, 0.15) is 11.1 Å². The van der Waals surface area contributed by atoms with Gasteiger partial charge in [0.15, 0.2) is 4.90 Å². The van der Waals surface area contributed by atoms with E-state index in [4.69, 9.17) is 4.74 Å². The van der Waals surface area contributed by atoms with Crippen LogP contribution in [0.5, 0.6) is 0 Å². The van der Waals surface area contributed by atoms with E-state index in [0.717, 1.165) is 17.2 Å². The SMILES string of the molecule is COCc1cccc(CNS(=O)(=O)c2ccccc2[N+](=O)[O-])c1. The molecule has 0 saturated heterocycles. The summed E-state index contributed by atoms with van der Waals surface area (Å²) < 4.78 is 32.0. The Bertz CT molecular complexity index is 805. The number of methoxy groups -OCH3 is 1. The zero-order valence-corrected chi connectivity index (χ0v) is 13.2. The Balaban J connectivity index is 2.20. The molecule has 0 aromatic heterocycles. The third-order valence-electron chi connectivity index (χ3n) is 3.12. The number of hydrogen-bond donors (Lipinski definition) is 1. The summed E-state index contributed by atoms with van der Waals surface area (Å²) in [5, 5.41) is 11.0. The Labute approximate surface area is 134 Å². The van der Waals surface area contributed by atoms with E-state index in [1.165, 1.54) is 18.2 Å². The number of para-hydroxylation sites is 1. The van der Waals surface area contributed by atoms with E-state index < -0.39 is 20.6 Å². The predicted molar refractivity (Wildman–Crippen MR) is 84.3 cm³/mol. The van der Waals surface area contributed by atoms with E-state index in [9.17, 15) is 18.5 Å². The van der Waals surface area contributed by atoms with Gasteiger partial charge in [-0.25, -0.2) is 13.1 Å². The van der Waals surface area contributed by atoms with Gasteiger partial charge in [0.1, 0.15) is 0 Å². The topological polar surface area (TPSA) is 98.5 Å². The largest absolute Gasteiger partial charge is 0.380 e. The van der Waals surface area contributed by atoms with Crippen LogP contribution in [0.15, 0.2) is 53.4 Å². The summed E-state index contributed by atoms with van der Waals surface area (Å²) in [6.45, 7) is 0.455. The molecule has 7 nitrogen and oxygen atoms in total. The molecule has 2 aromatic rings. The zero-order valence-electron chi connectivity index (χ0n) is 12.4. The second-order valence-corrected chi connectivity index (χ2v) is 6.54. The maximum atomic E-state index is 12.3. The van der Waals surface area contributed by atoms with Gasteiger partial charge in [-0.2, -0.15) is 0 Å². The van der Waals surface area contributed by atoms with Crippen molar-refractivity contribution in [2.45, 2.75) is 18.0 Å². The highest BCUT2D eigenvalue weighted by Gasteiger charge is 2.24. The average molecular weight is 336 g/mol. The maximum absolute atomic E-state index is 12.3. The van der Waals surface area contributed by atoms with Crippen LogP contribution in [-0.4, -0.2) is 20.5 Å².